The van der Waals surface area contributed by atoms with E-state index in [1.165, 1.54) is 18.2 Å². The number of benzene rings is 3. The van der Waals surface area contributed by atoms with E-state index in [0.717, 1.165) is 24.3 Å². The minimum atomic E-state index is -0.533. The smallest absolute Gasteiger partial charge is 0.201 e. The molecule has 5 heteroatoms. The summed E-state index contributed by atoms with van der Waals surface area (Å²) in [5, 5.41) is 21.0. The predicted molar refractivity (Wildman–Crippen MR) is 116 cm³/mol. The second-order valence-electron chi connectivity index (χ2n) is 7.37. The highest BCUT2D eigenvalue weighted by Crippen LogP contribution is 2.38. The van der Waals surface area contributed by atoms with E-state index < -0.39 is 5.78 Å². The van der Waals surface area contributed by atoms with E-state index in [4.69, 9.17) is 0 Å². The Morgan fingerprint density at radius 2 is 1.43 bits per heavy atom. The van der Waals surface area contributed by atoms with Crippen molar-refractivity contribution >= 4 is 17.3 Å². The standard InChI is InChI=1S/C25H23NO4/c1-3-26(4-2)17-11-8-15(9-12-17)14-16-10-13-19-22(23(16)28)25(30)21-18(24(19)29)6-5-7-20(21)27/h5-13,27-28H,3-4,14H2,1-2H3. The van der Waals surface area contributed by atoms with Crippen LogP contribution < -0.4 is 4.90 Å². The molecule has 0 heterocycles. The van der Waals surface area contributed by atoms with Crippen molar-refractivity contribution in [3.05, 3.63) is 88.0 Å². The Labute approximate surface area is 175 Å². The number of nitrogens with zero attached hydrogens (tertiary/aromatic N) is 1. The maximum absolute atomic E-state index is 13.0. The number of ketones is 2. The van der Waals surface area contributed by atoms with Crippen LogP contribution in [0, 0.1) is 0 Å². The van der Waals surface area contributed by atoms with E-state index in [1.807, 2.05) is 24.3 Å². The van der Waals surface area contributed by atoms with Gasteiger partial charge in [0.15, 0.2) is 5.78 Å². The van der Waals surface area contributed by atoms with Crippen LogP contribution in [0.1, 0.15) is 56.8 Å². The zero-order valence-corrected chi connectivity index (χ0v) is 17.0. The average molecular weight is 401 g/mol. The van der Waals surface area contributed by atoms with Crippen molar-refractivity contribution in [2.45, 2.75) is 20.3 Å². The van der Waals surface area contributed by atoms with Crippen LogP contribution in [0.4, 0.5) is 5.69 Å². The van der Waals surface area contributed by atoms with Crippen molar-refractivity contribution in [3.8, 4) is 11.5 Å². The molecule has 0 fully saturated rings. The lowest BCUT2D eigenvalue weighted by Gasteiger charge is -2.22. The van der Waals surface area contributed by atoms with Crippen LogP contribution in [0.15, 0.2) is 54.6 Å². The molecule has 0 atom stereocenters. The summed E-state index contributed by atoms with van der Waals surface area (Å²) >= 11 is 0. The van der Waals surface area contributed by atoms with Gasteiger partial charge in [0.25, 0.3) is 0 Å². The molecule has 2 N–H and O–H groups in total. The Kier molecular flexibility index (Phi) is 5.04. The van der Waals surface area contributed by atoms with Gasteiger partial charge < -0.3 is 15.1 Å². The maximum Gasteiger partial charge on any atom is 0.201 e. The number of carbonyl (C=O) groups is 2. The van der Waals surface area contributed by atoms with E-state index >= 15 is 0 Å². The van der Waals surface area contributed by atoms with Gasteiger partial charge in [-0.1, -0.05) is 30.3 Å². The molecule has 152 valence electrons. The van der Waals surface area contributed by atoms with Crippen LogP contribution in [-0.4, -0.2) is 34.9 Å². The van der Waals surface area contributed by atoms with Crippen molar-refractivity contribution in [3.63, 3.8) is 0 Å². The topological polar surface area (TPSA) is 77.8 Å². The summed E-state index contributed by atoms with van der Waals surface area (Å²) < 4.78 is 0. The Hall–Kier alpha value is -3.60. The zero-order valence-electron chi connectivity index (χ0n) is 17.0. The molecule has 0 saturated heterocycles. The van der Waals surface area contributed by atoms with Crippen LogP contribution in [0.3, 0.4) is 0 Å². The molecule has 0 aliphatic heterocycles. The zero-order chi connectivity index (χ0) is 21.4. The maximum atomic E-state index is 13.0. The molecule has 5 nitrogen and oxygen atoms in total. The van der Waals surface area contributed by atoms with Crippen molar-refractivity contribution in [1.82, 2.24) is 0 Å². The molecule has 0 spiro atoms. The summed E-state index contributed by atoms with van der Waals surface area (Å²) in [4.78, 5) is 28.1. The number of rotatable bonds is 5. The molecular weight excluding hydrogens is 378 g/mol. The Bertz CT molecular complexity index is 1140. The highest BCUT2D eigenvalue weighted by Gasteiger charge is 2.34. The van der Waals surface area contributed by atoms with Crippen LogP contribution in [0.5, 0.6) is 11.5 Å². The predicted octanol–water partition coefficient (Wildman–Crippen LogP) is 4.31. The average Bonchev–Trinajstić information content (AvgIpc) is 2.75. The van der Waals surface area contributed by atoms with Gasteiger partial charge in [-0.05, 0) is 49.2 Å². The summed E-state index contributed by atoms with van der Waals surface area (Å²) in [6, 6.07) is 15.8. The molecular formula is C25H23NO4. The number of aromatic hydroxyl groups is 2. The summed E-state index contributed by atoms with van der Waals surface area (Å²) in [6.45, 7) is 6.06. The summed E-state index contributed by atoms with van der Waals surface area (Å²) in [5.74, 6) is -1.37. The van der Waals surface area contributed by atoms with Gasteiger partial charge in [-0.2, -0.15) is 0 Å². The molecule has 1 aliphatic rings. The van der Waals surface area contributed by atoms with Crippen LogP contribution in [-0.2, 0) is 6.42 Å². The second-order valence-corrected chi connectivity index (χ2v) is 7.37. The number of anilines is 1. The first-order valence-corrected chi connectivity index (χ1v) is 10.1. The lowest BCUT2D eigenvalue weighted by molar-refractivity contribution is 0.0974. The first kappa shape index (κ1) is 19.7. The van der Waals surface area contributed by atoms with Crippen molar-refractivity contribution in [2.24, 2.45) is 0 Å². The molecule has 3 aromatic rings. The highest BCUT2D eigenvalue weighted by molar-refractivity contribution is 6.30. The first-order valence-electron chi connectivity index (χ1n) is 10.1. The fourth-order valence-electron chi connectivity index (χ4n) is 4.07. The monoisotopic (exact) mass is 401 g/mol. The molecule has 0 unspecified atom stereocenters. The van der Waals surface area contributed by atoms with Gasteiger partial charge in [0.05, 0.1) is 11.1 Å². The molecule has 0 radical (unpaired) electrons. The largest absolute Gasteiger partial charge is 0.507 e. The Morgan fingerprint density at radius 1 is 0.767 bits per heavy atom. The molecule has 30 heavy (non-hydrogen) atoms. The van der Waals surface area contributed by atoms with Gasteiger partial charge in [-0.3, -0.25) is 9.59 Å². The quantitative estimate of drug-likeness (QED) is 0.521. The van der Waals surface area contributed by atoms with E-state index in [1.54, 1.807) is 12.1 Å². The van der Waals surface area contributed by atoms with Gasteiger partial charge in [0, 0.05) is 36.3 Å². The highest BCUT2D eigenvalue weighted by atomic mass is 16.3. The molecule has 3 aromatic carbocycles. The summed E-state index contributed by atoms with van der Waals surface area (Å²) in [7, 11) is 0. The van der Waals surface area contributed by atoms with Crippen LogP contribution >= 0.6 is 0 Å². The molecule has 0 bridgehead atoms. The second kappa shape index (κ2) is 7.67. The summed E-state index contributed by atoms with van der Waals surface area (Å²) in [5.41, 5.74) is 2.91. The molecule has 1 aliphatic carbocycles. The minimum Gasteiger partial charge on any atom is -0.507 e. The number of hydrogen-bond acceptors (Lipinski definition) is 5. The van der Waals surface area contributed by atoms with Crippen molar-refractivity contribution in [2.75, 3.05) is 18.0 Å². The lowest BCUT2D eigenvalue weighted by Crippen LogP contribution is -2.21. The van der Waals surface area contributed by atoms with Crippen molar-refractivity contribution < 1.29 is 19.8 Å². The van der Waals surface area contributed by atoms with Gasteiger partial charge in [-0.25, -0.2) is 0 Å². The normalized spacial score (nSPS) is 12.5. The van der Waals surface area contributed by atoms with Crippen LogP contribution in [0.2, 0.25) is 0 Å². The van der Waals surface area contributed by atoms with Gasteiger partial charge >= 0.3 is 0 Å². The number of phenols is 2. The SMILES string of the molecule is CCN(CC)c1ccc(Cc2ccc3c(c2O)C(=O)c2c(O)cccc2C3=O)cc1. The van der Waals surface area contributed by atoms with E-state index in [-0.39, 0.29) is 39.5 Å². The minimum absolute atomic E-state index is 0.0359. The van der Waals surface area contributed by atoms with E-state index in [2.05, 4.69) is 18.7 Å². The van der Waals surface area contributed by atoms with Gasteiger partial charge in [-0.15, -0.1) is 0 Å². The number of phenolic OH excluding ortho intramolecular Hbond substituents is 2. The lowest BCUT2D eigenvalue weighted by atomic mass is 9.81. The van der Waals surface area contributed by atoms with Crippen molar-refractivity contribution in [1.29, 1.82) is 0 Å². The first-order chi connectivity index (χ1) is 14.5. The Balaban J connectivity index is 1.70. The van der Waals surface area contributed by atoms with Gasteiger partial charge in [0.2, 0.25) is 5.78 Å². The fourth-order valence-corrected chi connectivity index (χ4v) is 4.07. The molecule has 0 amide bonds. The van der Waals surface area contributed by atoms with Crippen LogP contribution in [0.25, 0.3) is 0 Å². The third kappa shape index (κ3) is 3.12. The number of fused-ring (bicyclic) bond motifs is 2. The fraction of sp³-hybridized carbons (Fsp3) is 0.200. The van der Waals surface area contributed by atoms with E-state index in [0.29, 0.717) is 12.0 Å². The molecule has 0 aromatic heterocycles. The third-order valence-corrected chi connectivity index (χ3v) is 5.71. The molecule has 0 saturated carbocycles. The van der Waals surface area contributed by atoms with E-state index in [9.17, 15) is 19.8 Å². The number of carbonyl (C=O) groups excluding carboxylic acids is 2. The van der Waals surface area contributed by atoms with Gasteiger partial charge in [0.1, 0.15) is 11.5 Å². The third-order valence-electron chi connectivity index (χ3n) is 5.71. The summed E-state index contributed by atoms with van der Waals surface area (Å²) in [6.07, 6.45) is 0.423. The molecule has 4 rings (SSSR count). The Morgan fingerprint density at radius 3 is 2.10 bits per heavy atom. The number of hydrogen-bond donors (Lipinski definition) is 2.